The molecule has 0 radical (unpaired) electrons. The van der Waals surface area contributed by atoms with E-state index in [1.807, 2.05) is 31.7 Å². The van der Waals surface area contributed by atoms with E-state index in [2.05, 4.69) is 20.9 Å². The van der Waals surface area contributed by atoms with E-state index in [9.17, 15) is 4.79 Å². The summed E-state index contributed by atoms with van der Waals surface area (Å²) in [4.78, 5) is 24.9. The molecule has 1 aliphatic heterocycles. The van der Waals surface area contributed by atoms with Crippen LogP contribution in [0.1, 0.15) is 16.7 Å². The van der Waals surface area contributed by atoms with E-state index in [0.29, 0.717) is 13.1 Å². The minimum Gasteiger partial charge on any atom is -0.483 e. The highest BCUT2D eigenvalue weighted by molar-refractivity contribution is 5.78. The Morgan fingerprint density at radius 3 is 2.36 bits per heavy atom. The molecule has 6 nitrogen and oxygen atoms in total. The van der Waals surface area contributed by atoms with Gasteiger partial charge in [0.2, 0.25) is 5.95 Å². The monoisotopic (exact) mass is 340 g/mol. The topological polar surface area (TPSA) is 58.6 Å². The number of aromatic nitrogens is 2. The number of piperazine rings is 1. The Hall–Kier alpha value is -2.63. The average molecular weight is 340 g/mol. The van der Waals surface area contributed by atoms with Crippen LogP contribution in [0.5, 0.6) is 5.75 Å². The molecule has 3 rings (SSSR count). The molecule has 0 spiro atoms. The molecule has 6 heteroatoms. The Morgan fingerprint density at radius 2 is 1.68 bits per heavy atom. The number of aryl methyl sites for hydroxylation is 2. The maximum absolute atomic E-state index is 12.5. The number of ether oxygens (including phenoxy) is 1. The van der Waals surface area contributed by atoms with Crippen molar-refractivity contribution in [2.24, 2.45) is 0 Å². The third-order valence-electron chi connectivity index (χ3n) is 4.68. The van der Waals surface area contributed by atoms with Gasteiger partial charge in [-0.3, -0.25) is 4.79 Å². The van der Waals surface area contributed by atoms with E-state index in [1.165, 1.54) is 5.56 Å². The number of hydrogen-bond acceptors (Lipinski definition) is 5. The first kappa shape index (κ1) is 17.2. The number of rotatable bonds is 4. The molecule has 132 valence electrons. The molecule has 0 saturated carbocycles. The molecule has 25 heavy (non-hydrogen) atoms. The van der Waals surface area contributed by atoms with Crippen molar-refractivity contribution >= 4 is 11.9 Å². The van der Waals surface area contributed by atoms with Crippen LogP contribution < -0.4 is 9.64 Å². The lowest BCUT2D eigenvalue weighted by Gasteiger charge is -2.34. The summed E-state index contributed by atoms with van der Waals surface area (Å²) in [6, 6.07) is 5.90. The lowest BCUT2D eigenvalue weighted by molar-refractivity contribution is -0.133. The normalized spacial score (nSPS) is 14.5. The van der Waals surface area contributed by atoms with Gasteiger partial charge >= 0.3 is 0 Å². The van der Waals surface area contributed by atoms with Crippen LogP contribution in [-0.2, 0) is 4.79 Å². The van der Waals surface area contributed by atoms with Gasteiger partial charge in [0.15, 0.2) is 6.61 Å². The fourth-order valence-electron chi connectivity index (χ4n) is 2.98. The maximum Gasteiger partial charge on any atom is 0.260 e. The van der Waals surface area contributed by atoms with Crippen LogP contribution in [0.25, 0.3) is 0 Å². The van der Waals surface area contributed by atoms with Crippen LogP contribution in [0.2, 0.25) is 0 Å². The molecule has 1 amide bonds. The predicted molar refractivity (Wildman–Crippen MR) is 97.0 cm³/mol. The summed E-state index contributed by atoms with van der Waals surface area (Å²) in [5.41, 5.74) is 3.32. The van der Waals surface area contributed by atoms with Gasteiger partial charge in [-0.25, -0.2) is 9.97 Å². The van der Waals surface area contributed by atoms with E-state index < -0.39 is 0 Å². The number of nitrogens with zero attached hydrogens (tertiary/aromatic N) is 4. The molecule has 1 aromatic carbocycles. The molecule has 1 aromatic heterocycles. The van der Waals surface area contributed by atoms with Crippen molar-refractivity contribution in [1.82, 2.24) is 14.9 Å². The number of hydrogen-bond donors (Lipinski definition) is 0. The van der Waals surface area contributed by atoms with Gasteiger partial charge in [-0.15, -0.1) is 0 Å². The van der Waals surface area contributed by atoms with Crippen LogP contribution in [-0.4, -0.2) is 53.6 Å². The van der Waals surface area contributed by atoms with Gasteiger partial charge in [-0.2, -0.15) is 0 Å². The quantitative estimate of drug-likeness (QED) is 0.853. The standard InChI is InChI=1S/C19H24N4O2/c1-14-5-6-15(2)18(16(14)3)25-13-17(24)22-9-11-23(12-10-22)19-20-7-4-8-21-19/h4-8H,9-13H2,1-3H3. The van der Waals surface area contributed by atoms with E-state index in [1.54, 1.807) is 18.5 Å². The zero-order valence-corrected chi connectivity index (χ0v) is 15.0. The molecule has 0 bridgehead atoms. The van der Waals surface area contributed by atoms with Crippen LogP contribution >= 0.6 is 0 Å². The Morgan fingerprint density at radius 1 is 1.04 bits per heavy atom. The molecule has 0 N–H and O–H groups in total. The molecule has 1 saturated heterocycles. The van der Waals surface area contributed by atoms with Crippen LogP contribution in [0, 0.1) is 20.8 Å². The number of amides is 1. The van der Waals surface area contributed by atoms with Gasteiger partial charge in [-0.1, -0.05) is 12.1 Å². The van der Waals surface area contributed by atoms with Gasteiger partial charge in [-0.05, 0) is 43.5 Å². The lowest BCUT2D eigenvalue weighted by Crippen LogP contribution is -2.50. The van der Waals surface area contributed by atoms with E-state index in [0.717, 1.165) is 35.9 Å². The highest BCUT2D eigenvalue weighted by Gasteiger charge is 2.23. The van der Waals surface area contributed by atoms with Crippen LogP contribution in [0.15, 0.2) is 30.6 Å². The van der Waals surface area contributed by atoms with E-state index >= 15 is 0 Å². The molecule has 0 unspecified atom stereocenters. The summed E-state index contributed by atoms with van der Waals surface area (Å²) in [6.45, 7) is 8.95. The van der Waals surface area contributed by atoms with Crippen molar-refractivity contribution in [1.29, 1.82) is 0 Å². The highest BCUT2D eigenvalue weighted by atomic mass is 16.5. The second kappa shape index (κ2) is 7.51. The second-order valence-corrected chi connectivity index (χ2v) is 6.36. The summed E-state index contributed by atoms with van der Waals surface area (Å²) in [5, 5.41) is 0. The maximum atomic E-state index is 12.5. The van der Waals surface area contributed by atoms with Gasteiger partial charge in [0, 0.05) is 38.6 Å². The third-order valence-corrected chi connectivity index (χ3v) is 4.68. The third kappa shape index (κ3) is 3.90. The second-order valence-electron chi connectivity index (χ2n) is 6.36. The summed E-state index contributed by atoms with van der Waals surface area (Å²) in [6.07, 6.45) is 3.47. The Balaban J connectivity index is 1.54. The zero-order valence-electron chi connectivity index (χ0n) is 15.0. The van der Waals surface area contributed by atoms with Crippen LogP contribution in [0.4, 0.5) is 5.95 Å². The van der Waals surface area contributed by atoms with Gasteiger partial charge < -0.3 is 14.5 Å². The molecule has 0 aliphatic carbocycles. The average Bonchev–Trinajstić information content (AvgIpc) is 2.65. The first-order chi connectivity index (χ1) is 12.1. The molecular weight excluding hydrogens is 316 g/mol. The molecule has 1 aliphatic rings. The van der Waals surface area contributed by atoms with Gasteiger partial charge in [0.05, 0.1) is 0 Å². The molecular formula is C19H24N4O2. The summed E-state index contributed by atoms with van der Waals surface area (Å²) < 4.78 is 5.85. The van der Waals surface area contributed by atoms with Crippen molar-refractivity contribution in [3.63, 3.8) is 0 Å². The molecule has 1 fully saturated rings. The fraction of sp³-hybridized carbons (Fsp3) is 0.421. The number of carbonyl (C=O) groups excluding carboxylic acids is 1. The predicted octanol–water partition coefficient (Wildman–Crippen LogP) is 2.13. The fourth-order valence-corrected chi connectivity index (χ4v) is 2.98. The van der Waals surface area contributed by atoms with Crippen molar-refractivity contribution in [2.75, 3.05) is 37.7 Å². The zero-order chi connectivity index (χ0) is 17.8. The van der Waals surface area contributed by atoms with Crippen LogP contribution in [0.3, 0.4) is 0 Å². The van der Waals surface area contributed by atoms with E-state index in [-0.39, 0.29) is 12.5 Å². The number of anilines is 1. The number of benzene rings is 1. The molecule has 2 aromatic rings. The summed E-state index contributed by atoms with van der Waals surface area (Å²) in [5.74, 6) is 1.57. The summed E-state index contributed by atoms with van der Waals surface area (Å²) in [7, 11) is 0. The van der Waals surface area contributed by atoms with Gasteiger partial charge in [0.1, 0.15) is 5.75 Å². The SMILES string of the molecule is Cc1ccc(C)c(OCC(=O)N2CCN(c3ncccn3)CC2)c1C. The smallest absolute Gasteiger partial charge is 0.260 e. The number of carbonyl (C=O) groups is 1. The van der Waals surface area contributed by atoms with E-state index in [4.69, 9.17) is 4.74 Å². The first-order valence-electron chi connectivity index (χ1n) is 8.55. The van der Waals surface area contributed by atoms with Crippen molar-refractivity contribution in [2.45, 2.75) is 20.8 Å². The van der Waals surface area contributed by atoms with Crippen molar-refractivity contribution in [3.05, 3.63) is 47.3 Å². The summed E-state index contributed by atoms with van der Waals surface area (Å²) >= 11 is 0. The highest BCUT2D eigenvalue weighted by Crippen LogP contribution is 2.25. The van der Waals surface area contributed by atoms with Crippen molar-refractivity contribution < 1.29 is 9.53 Å². The van der Waals surface area contributed by atoms with Gasteiger partial charge in [0.25, 0.3) is 5.91 Å². The lowest BCUT2D eigenvalue weighted by atomic mass is 10.1. The van der Waals surface area contributed by atoms with Crippen molar-refractivity contribution in [3.8, 4) is 5.75 Å². The minimum absolute atomic E-state index is 0.0222. The Kier molecular flexibility index (Phi) is 5.16. The first-order valence-corrected chi connectivity index (χ1v) is 8.55. The molecule has 0 atom stereocenters. The Bertz CT molecular complexity index is 741. The molecule has 2 heterocycles. The minimum atomic E-state index is 0.0222. The Labute approximate surface area is 148 Å². The largest absolute Gasteiger partial charge is 0.483 e.